The normalized spacial score (nSPS) is 11.5. The van der Waals surface area contributed by atoms with Crippen LogP contribution in [0.3, 0.4) is 0 Å². The molecule has 16 heavy (non-hydrogen) atoms. The summed E-state index contributed by atoms with van der Waals surface area (Å²) in [4.78, 5) is 13.8. The van der Waals surface area contributed by atoms with Crippen LogP contribution >= 0.6 is 0 Å². The number of aliphatic hydroxyl groups is 1. The molecule has 2 rings (SSSR count). The van der Waals surface area contributed by atoms with E-state index in [1.165, 1.54) is 0 Å². The minimum absolute atomic E-state index is 0.173. The smallest absolute Gasteiger partial charge is 0.177 e. The zero-order chi connectivity index (χ0) is 11.5. The van der Waals surface area contributed by atoms with Crippen molar-refractivity contribution in [2.75, 3.05) is 20.2 Å². The van der Waals surface area contributed by atoms with Crippen LogP contribution in [0.15, 0.2) is 12.3 Å². The number of likely N-dealkylation sites (N-methyl/N-ethyl adjacent to an activating group) is 1. The third-order valence-electron chi connectivity index (χ3n) is 2.52. The Balaban J connectivity index is 2.29. The molecular weight excluding hydrogens is 204 g/mol. The Morgan fingerprint density at radius 2 is 2.31 bits per heavy atom. The summed E-state index contributed by atoms with van der Waals surface area (Å²) in [5.74, 6) is 0.875. The number of nitrogens with one attached hydrogen (secondary N) is 1. The molecule has 0 amide bonds. The summed E-state index contributed by atoms with van der Waals surface area (Å²) in [5, 5.41) is 8.86. The summed E-state index contributed by atoms with van der Waals surface area (Å²) >= 11 is 0. The zero-order valence-electron chi connectivity index (χ0n) is 9.56. The van der Waals surface area contributed by atoms with E-state index in [2.05, 4.69) is 19.9 Å². The van der Waals surface area contributed by atoms with E-state index >= 15 is 0 Å². The second-order valence-electron chi connectivity index (χ2n) is 3.95. The first kappa shape index (κ1) is 11.0. The molecule has 2 N–H and O–H groups in total. The molecule has 0 fully saturated rings. The fourth-order valence-electron chi connectivity index (χ4n) is 1.75. The SMILES string of the molecule is Cc1nc2nccc(CN(C)CCO)c2[nH]1. The average molecular weight is 220 g/mol. The number of imidazole rings is 1. The quantitative estimate of drug-likeness (QED) is 0.795. The molecule has 0 aliphatic heterocycles. The molecule has 0 saturated carbocycles. The van der Waals surface area contributed by atoms with Gasteiger partial charge in [-0.1, -0.05) is 0 Å². The van der Waals surface area contributed by atoms with Crippen LogP contribution in [0.25, 0.3) is 11.2 Å². The standard InChI is InChI=1S/C11H16N4O/c1-8-13-10-9(7-15(2)5-6-16)3-4-12-11(10)14-8/h3-4,16H,5-7H2,1-2H3,(H,12,13,14). The third kappa shape index (κ3) is 2.20. The molecule has 0 bridgehead atoms. The summed E-state index contributed by atoms with van der Waals surface area (Å²) in [6.07, 6.45) is 1.77. The van der Waals surface area contributed by atoms with E-state index in [9.17, 15) is 0 Å². The molecule has 0 spiro atoms. The second kappa shape index (κ2) is 4.59. The predicted molar refractivity (Wildman–Crippen MR) is 62.0 cm³/mol. The number of fused-ring (bicyclic) bond motifs is 1. The van der Waals surface area contributed by atoms with Crippen molar-refractivity contribution in [1.29, 1.82) is 0 Å². The van der Waals surface area contributed by atoms with Gasteiger partial charge in [-0.25, -0.2) is 9.97 Å². The number of nitrogens with zero attached hydrogens (tertiary/aromatic N) is 3. The monoisotopic (exact) mass is 220 g/mol. The van der Waals surface area contributed by atoms with Gasteiger partial charge >= 0.3 is 0 Å². The molecule has 0 aromatic carbocycles. The molecule has 2 aromatic rings. The Morgan fingerprint density at radius 3 is 3.06 bits per heavy atom. The predicted octanol–water partition coefficient (Wildman–Crippen LogP) is 0.690. The first-order valence-corrected chi connectivity index (χ1v) is 5.30. The number of H-pyrrole nitrogens is 1. The van der Waals surface area contributed by atoms with Gasteiger partial charge in [-0.05, 0) is 25.6 Å². The molecule has 2 aromatic heterocycles. The second-order valence-corrected chi connectivity index (χ2v) is 3.95. The number of aryl methyl sites for hydroxylation is 1. The molecular formula is C11H16N4O. The summed E-state index contributed by atoms with van der Waals surface area (Å²) in [5.41, 5.74) is 2.90. The topological polar surface area (TPSA) is 65.0 Å². The number of hydrogen-bond donors (Lipinski definition) is 2. The van der Waals surface area contributed by atoms with Gasteiger partial charge in [0.25, 0.3) is 0 Å². The maximum absolute atomic E-state index is 8.86. The minimum atomic E-state index is 0.173. The van der Waals surface area contributed by atoms with E-state index < -0.39 is 0 Å². The van der Waals surface area contributed by atoms with E-state index in [0.717, 1.165) is 29.1 Å². The van der Waals surface area contributed by atoms with Crippen molar-refractivity contribution >= 4 is 11.2 Å². The fraction of sp³-hybridized carbons (Fsp3) is 0.455. The summed E-state index contributed by atoms with van der Waals surface area (Å²) in [6.45, 7) is 3.54. The molecule has 2 heterocycles. The molecule has 0 aliphatic carbocycles. The largest absolute Gasteiger partial charge is 0.395 e. The van der Waals surface area contributed by atoms with Crippen molar-refractivity contribution in [3.63, 3.8) is 0 Å². The van der Waals surface area contributed by atoms with E-state index in [-0.39, 0.29) is 6.61 Å². The van der Waals surface area contributed by atoms with E-state index in [1.807, 2.05) is 20.0 Å². The van der Waals surface area contributed by atoms with E-state index in [0.29, 0.717) is 6.54 Å². The number of pyridine rings is 1. The maximum atomic E-state index is 8.86. The lowest BCUT2D eigenvalue weighted by atomic mass is 10.2. The van der Waals surface area contributed by atoms with Crippen LogP contribution < -0.4 is 0 Å². The summed E-state index contributed by atoms with van der Waals surface area (Å²) < 4.78 is 0. The molecule has 0 radical (unpaired) electrons. The molecule has 0 unspecified atom stereocenters. The van der Waals surface area contributed by atoms with Crippen LogP contribution in [0.5, 0.6) is 0 Å². The Bertz CT molecular complexity index is 480. The highest BCUT2D eigenvalue weighted by Gasteiger charge is 2.07. The molecule has 86 valence electrons. The van der Waals surface area contributed by atoms with Crippen molar-refractivity contribution in [3.8, 4) is 0 Å². The Labute approximate surface area is 94.1 Å². The number of aliphatic hydroxyl groups excluding tert-OH is 1. The van der Waals surface area contributed by atoms with Crippen LogP contribution in [0.2, 0.25) is 0 Å². The van der Waals surface area contributed by atoms with Gasteiger partial charge in [0.15, 0.2) is 5.65 Å². The van der Waals surface area contributed by atoms with Crippen LogP contribution in [0, 0.1) is 6.92 Å². The maximum Gasteiger partial charge on any atom is 0.177 e. The summed E-state index contributed by atoms with van der Waals surface area (Å²) in [7, 11) is 1.98. The minimum Gasteiger partial charge on any atom is -0.395 e. The summed E-state index contributed by atoms with van der Waals surface area (Å²) in [6, 6.07) is 1.98. The van der Waals surface area contributed by atoms with Crippen molar-refractivity contribution in [2.45, 2.75) is 13.5 Å². The van der Waals surface area contributed by atoms with E-state index in [4.69, 9.17) is 5.11 Å². The van der Waals surface area contributed by atoms with Gasteiger partial charge < -0.3 is 10.1 Å². The van der Waals surface area contributed by atoms with Crippen molar-refractivity contribution < 1.29 is 5.11 Å². The number of aromatic amines is 1. The van der Waals surface area contributed by atoms with Crippen LogP contribution in [0.1, 0.15) is 11.4 Å². The van der Waals surface area contributed by atoms with Gasteiger partial charge in [0.05, 0.1) is 12.1 Å². The van der Waals surface area contributed by atoms with Crippen molar-refractivity contribution in [3.05, 3.63) is 23.7 Å². The lowest BCUT2D eigenvalue weighted by Gasteiger charge is -2.14. The van der Waals surface area contributed by atoms with E-state index in [1.54, 1.807) is 6.20 Å². The Kier molecular flexibility index (Phi) is 3.17. The molecule has 5 heteroatoms. The van der Waals surface area contributed by atoms with Gasteiger partial charge in [-0.15, -0.1) is 0 Å². The fourth-order valence-corrected chi connectivity index (χ4v) is 1.75. The van der Waals surface area contributed by atoms with Crippen molar-refractivity contribution in [2.24, 2.45) is 0 Å². The molecule has 5 nitrogen and oxygen atoms in total. The molecule has 0 saturated heterocycles. The van der Waals surface area contributed by atoms with Gasteiger partial charge in [-0.2, -0.15) is 0 Å². The van der Waals surface area contributed by atoms with Crippen LogP contribution in [0.4, 0.5) is 0 Å². The van der Waals surface area contributed by atoms with Crippen LogP contribution in [-0.4, -0.2) is 45.2 Å². The Morgan fingerprint density at radius 1 is 1.50 bits per heavy atom. The van der Waals surface area contributed by atoms with Gasteiger partial charge in [-0.3, -0.25) is 4.90 Å². The first-order chi connectivity index (χ1) is 7.70. The average Bonchev–Trinajstić information content (AvgIpc) is 2.60. The highest BCUT2D eigenvalue weighted by molar-refractivity contribution is 5.74. The number of hydrogen-bond acceptors (Lipinski definition) is 4. The molecule has 0 aliphatic rings. The molecule has 0 atom stereocenters. The number of rotatable bonds is 4. The first-order valence-electron chi connectivity index (χ1n) is 5.30. The lowest BCUT2D eigenvalue weighted by Crippen LogP contribution is -2.21. The van der Waals surface area contributed by atoms with Crippen molar-refractivity contribution in [1.82, 2.24) is 19.9 Å². The van der Waals surface area contributed by atoms with Gasteiger partial charge in [0, 0.05) is 19.3 Å². The zero-order valence-corrected chi connectivity index (χ0v) is 9.56. The third-order valence-corrected chi connectivity index (χ3v) is 2.52. The number of aromatic nitrogens is 3. The highest BCUT2D eigenvalue weighted by atomic mass is 16.3. The highest BCUT2D eigenvalue weighted by Crippen LogP contribution is 2.15. The van der Waals surface area contributed by atoms with Gasteiger partial charge in [0.1, 0.15) is 5.82 Å². The van der Waals surface area contributed by atoms with Crippen LogP contribution in [-0.2, 0) is 6.54 Å². The Hall–Kier alpha value is -1.46. The van der Waals surface area contributed by atoms with Gasteiger partial charge in [0.2, 0.25) is 0 Å². The lowest BCUT2D eigenvalue weighted by molar-refractivity contribution is 0.217.